The van der Waals surface area contributed by atoms with E-state index in [-0.39, 0.29) is 17.5 Å². The number of carbonyl (C=O) groups excluding carboxylic acids is 1. The summed E-state index contributed by atoms with van der Waals surface area (Å²) < 4.78 is 30.8. The van der Waals surface area contributed by atoms with Crippen LogP contribution >= 0.6 is 0 Å². The molecule has 1 unspecified atom stereocenters. The molecular formula is C23H23F2NO2. The number of carbonyl (C=O) groups is 1. The van der Waals surface area contributed by atoms with Gasteiger partial charge in [0.25, 0.3) is 0 Å². The normalized spacial score (nSPS) is 13.9. The third kappa shape index (κ3) is 3.06. The number of rotatable bonds is 6. The minimum Gasteiger partial charge on any atom is -0.378 e. The Morgan fingerprint density at radius 1 is 0.929 bits per heavy atom. The number of Topliss-reactive ketones (excluding diaryl/α,β-unsaturated/α-hetero) is 1. The summed E-state index contributed by atoms with van der Waals surface area (Å²) in [7, 11) is 3.70. The summed E-state index contributed by atoms with van der Waals surface area (Å²) in [6.45, 7) is 1.45. The van der Waals surface area contributed by atoms with Gasteiger partial charge in [0.1, 0.15) is 0 Å². The first-order chi connectivity index (χ1) is 13.2. The Labute approximate surface area is 163 Å². The van der Waals surface area contributed by atoms with Crippen LogP contribution < -0.4 is 4.90 Å². The standard InChI is InChI=1S/C23H23F2NO2/c1-4-22(28,16-10-6-5-7-11-16)23(24,25)21(27)19-14-15-20(26(2)3)18-13-9-8-12-17(18)19/h5-15,28H,4H2,1-3H3. The molecule has 0 fully saturated rings. The molecule has 3 aromatic rings. The van der Waals surface area contributed by atoms with Gasteiger partial charge in [0, 0.05) is 30.7 Å². The molecule has 5 heteroatoms. The molecule has 0 saturated carbocycles. The molecule has 0 bridgehead atoms. The minimum absolute atomic E-state index is 0.0186. The van der Waals surface area contributed by atoms with Crippen LogP contribution in [0.25, 0.3) is 10.8 Å². The zero-order chi connectivity index (χ0) is 20.5. The number of hydrogen-bond donors (Lipinski definition) is 1. The molecule has 0 amide bonds. The number of alkyl halides is 2. The fourth-order valence-corrected chi connectivity index (χ4v) is 3.55. The zero-order valence-corrected chi connectivity index (χ0v) is 16.1. The lowest BCUT2D eigenvalue weighted by Gasteiger charge is -2.34. The van der Waals surface area contributed by atoms with E-state index >= 15 is 8.78 Å². The minimum atomic E-state index is -3.99. The first-order valence-electron chi connectivity index (χ1n) is 9.13. The first-order valence-corrected chi connectivity index (χ1v) is 9.13. The maximum atomic E-state index is 15.4. The molecule has 0 aliphatic heterocycles. The van der Waals surface area contributed by atoms with Crippen LogP contribution in [-0.4, -0.2) is 30.9 Å². The van der Waals surface area contributed by atoms with E-state index < -0.39 is 17.3 Å². The van der Waals surface area contributed by atoms with E-state index in [1.54, 1.807) is 48.5 Å². The molecule has 1 atom stereocenters. The predicted molar refractivity (Wildman–Crippen MR) is 108 cm³/mol. The number of benzene rings is 3. The quantitative estimate of drug-likeness (QED) is 0.608. The van der Waals surface area contributed by atoms with E-state index in [2.05, 4.69) is 0 Å². The summed E-state index contributed by atoms with van der Waals surface area (Å²) in [5, 5.41) is 12.0. The molecule has 1 N–H and O–H groups in total. The third-order valence-electron chi connectivity index (χ3n) is 5.20. The van der Waals surface area contributed by atoms with Gasteiger partial charge in [0.15, 0.2) is 5.60 Å². The Morgan fingerprint density at radius 2 is 1.50 bits per heavy atom. The van der Waals surface area contributed by atoms with Crippen molar-refractivity contribution < 1.29 is 18.7 Å². The molecule has 0 radical (unpaired) electrons. The summed E-state index contributed by atoms with van der Waals surface area (Å²) in [4.78, 5) is 14.9. The van der Waals surface area contributed by atoms with Crippen molar-refractivity contribution in [2.24, 2.45) is 0 Å². The second-order valence-corrected chi connectivity index (χ2v) is 7.06. The predicted octanol–water partition coefficient (Wildman–Crippen LogP) is 5.02. The van der Waals surface area contributed by atoms with Crippen molar-refractivity contribution in [1.82, 2.24) is 0 Å². The summed E-state index contributed by atoms with van der Waals surface area (Å²) in [6.07, 6.45) is -0.302. The molecule has 3 rings (SSSR count). The molecular weight excluding hydrogens is 360 g/mol. The van der Waals surface area contributed by atoms with E-state index in [4.69, 9.17) is 0 Å². The monoisotopic (exact) mass is 383 g/mol. The van der Waals surface area contributed by atoms with Crippen molar-refractivity contribution in [3.63, 3.8) is 0 Å². The molecule has 28 heavy (non-hydrogen) atoms. The molecule has 3 aromatic carbocycles. The van der Waals surface area contributed by atoms with Crippen molar-refractivity contribution in [3.05, 3.63) is 77.9 Å². The second-order valence-electron chi connectivity index (χ2n) is 7.06. The van der Waals surface area contributed by atoms with E-state index in [9.17, 15) is 9.90 Å². The number of halogens is 2. The Kier molecular flexibility index (Phi) is 5.22. The number of hydrogen-bond acceptors (Lipinski definition) is 3. The van der Waals surface area contributed by atoms with Crippen LogP contribution in [0.3, 0.4) is 0 Å². The Balaban J connectivity index is 2.17. The lowest BCUT2D eigenvalue weighted by Crippen LogP contribution is -2.50. The molecule has 146 valence electrons. The van der Waals surface area contributed by atoms with E-state index in [1.807, 2.05) is 19.0 Å². The van der Waals surface area contributed by atoms with Crippen LogP contribution in [0.5, 0.6) is 0 Å². The average molecular weight is 383 g/mol. The van der Waals surface area contributed by atoms with Gasteiger partial charge < -0.3 is 10.0 Å². The van der Waals surface area contributed by atoms with Crippen molar-refractivity contribution in [2.75, 3.05) is 19.0 Å². The summed E-state index contributed by atoms with van der Waals surface area (Å²) in [5.74, 6) is -5.38. The SMILES string of the molecule is CCC(O)(c1ccccc1)C(F)(F)C(=O)c1ccc(N(C)C)c2ccccc12. The van der Waals surface area contributed by atoms with Gasteiger partial charge in [-0.15, -0.1) is 0 Å². The molecule has 0 aromatic heterocycles. The van der Waals surface area contributed by atoms with E-state index in [0.717, 1.165) is 5.69 Å². The maximum Gasteiger partial charge on any atom is 0.341 e. The van der Waals surface area contributed by atoms with Crippen LogP contribution in [-0.2, 0) is 5.60 Å². The van der Waals surface area contributed by atoms with Gasteiger partial charge in [0.2, 0.25) is 5.78 Å². The van der Waals surface area contributed by atoms with E-state index in [0.29, 0.717) is 10.8 Å². The Bertz CT molecular complexity index is 1000. The summed E-state index contributed by atoms with van der Waals surface area (Å²) >= 11 is 0. The van der Waals surface area contributed by atoms with Gasteiger partial charge in [-0.25, -0.2) is 0 Å². The number of anilines is 1. The highest BCUT2D eigenvalue weighted by Gasteiger charge is 2.58. The van der Waals surface area contributed by atoms with Crippen molar-refractivity contribution >= 4 is 22.2 Å². The van der Waals surface area contributed by atoms with Crippen LogP contribution in [0.4, 0.5) is 14.5 Å². The van der Waals surface area contributed by atoms with Crippen LogP contribution in [0.1, 0.15) is 29.3 Å². The van der Waals surface area contributed by atoms with Crippen molar-refractivity contribution in [2.45, 2.75) is 24.9 Å². The highest BCUT2D eigenvalue weighted by molar-refractivity contribution is 6.14. The van der Waals surface area contributed by atoms with Gasteiger partial charge in [0.05, 0.1) is 0 Å². The average Bonchev–Trinajstić information content (AvgIpc) is 2.72. The highest BCUT2D eigenvalue weighted by atomic mass is 19.3. The first kappa shape index (κ1) is 20.0. The van der Waals surface area contributed by atoms with Crippen LogP contribution in [0.2, 0.25) is 0 Å². The van der Waals surface area contributed by atoms with Crippen molar-refractivity contribution in [1.29, 1.82) is 0 Å². The fraction of sp³-hybridized carbons (Fsp3) is 0.261. The number of aliphatic hydroxyl groups is 1. The van der Waals surface area contributed by atoms with Crippen LogP contribution in [0.15, 0.2) is 66.7 Å². The number of fused-ring (bicyclic) bond motifs is 1. The molecule has 0 aliphatic carbocycles. The van der Waals surface area contributed by atoms with Gasteiger partial charge in [-0.3, -0.25) is 4.79 Å². The molecule has 3 nitrogen and oxygen atoms in total. The topological polar surface area (TPSA) is 40.5 Å². The van der Waals surface area contributed by atoms with Crippen molar-refractivity contribution in [3.8, 4) is 0 Å². The molecule has 0 spiro atoms. The summed E-state index contributed by atoms with van der Waals surface area (Å²) in [6, 6.07) is 17.7. The molecule has 0 heterocycles. The summed E-state index contributed by atoms with van der Waals surface area (Å²) in [5.41, 5.74) is -1.85. The second kappa shape index (κ2) is 7.32. The third-order valence-corrected chi connectivity index (χ3v) is 5.20. The largest absolute Gasteiger partial charge is 0.378 e. The molecule has 0 saturated heterocycles. The maximum absolute atomic E-state index is 15.4. The Morgan fingerprint density at radius 3 is 2.07 bits per heavy atom. The fourth-order valence-electron chi connectivity index (χ4n) is 3.55. The van der Waals surface area contributed by atoms with Gasteiger partial charge >= 0.3 is 5.92 Å². The molecule has 0 aliphatic rings. The van der Waals surface area contributed by atoms with Gasteiger partial charge in [-0.2, -0.15) is 8.78 Å². The lowest BCUT2D eigenvalue weighted by molar-refractivity contribution is -0.157. The number of ketones is 1. The Hall–Kier alpha value is -2.79. The highest BCUT2D eigenvalue weighted by Crippen LogP contribution is 2.43. The van der Waals surface area contributed by atoms with Crippen LogP contribution in [0, 0.1) is 0 Å². The zero-order valence-electron chi connectivity index (χ0n) is 16.1. The lowest BCUT2D eigenvalue weighted by atomic mass is 9.80. The number of nitrogens with zero attached hydrogens (tertiary/aromatic N) is 1. The van der Waals surface area contributed by atoms with Gasteiger partial charge in [-0.1, -0.05) is 61.5 Å². The van der Waals surface area contributed by atoms with Gasteiger partial charge in [-0.05, 0) is 29.5 Å². The van der Waals surface area contributed by atoms with E-state index in [1.165, 1.54) is 25.1 Å². The smallest absolute Gasteiger partial charge is 0.341 e.